The monoisotopic (exact) mass is 250 g/mol. The largest absolute Gasteiger partial charge is 0.508 e. The van der Waals surface area contributed by atoms with Crippen LogP contribution in [0.25, 0.3) is 22.2 Å². The number of fused-ring (bicyclic) bond motifs is 1. The van der Waals surface area contributed by atoms with E-state index >= 15 is 0 Å². The molecule has 0 spiro atoms. The zero-order chi connectivity index (χ0) is 13.2. The predicted molar refractivity (Wildman–Crippen MR) is 78.4 cm³/mol. The summed E-state index contributed by atoms with van der Waals surface area (Å²) in [6.07, 6.45) is 0. The lowest BCUT2D eigenvalue weighted by Crippen LogP contribution is -1.88. The molecule has 0 aliphatic carbocycles. The smallest absolute Gasteiger partial charge is 0.116 e. The zero-order valence-electron chi connectivity index (χ0n) is 10.6. The van der Waals surface area contributed by atoms with Gasteiger partial charge in [0, 0.05) is 23.7 Å². The fourth-order valence-electron chi connectivity index (χ4n) is 2.08. The van der Waals surface area contributed by atoms with Gasteiger partial charge in [0.1, 0.15) is 5.75 Å². The Morgan fingerprint density at radius 1 is 0.947 bits per heavy atom. The van der Waals surface area contributed by atoms with Gasteiger partial charge in [0.05, 0.1) is 11.2 Å². The number of anilines is 1. The van der Waals surface area contributed by atoms with Crippen molar-refractivity contribution in [3.05, 3.63) is 54.6 Å². The van der Waals surface area contributed by atoms with Crippen LogP contribution >= 0.6 is 0 Å². The highest BCUT2D eigenvalue weighted by molar-refractivity contribution is 5.82. The Bertz CT molecular complexity index is 720. The highest BCUT2D eigenvalue weighted by Gasteiger charge is 2.02. The summed E-state index contributed by atoms with van der Waals surface area (Å²) in [5.74, 6) is 0.264. The number of aromatic hydroxyl groups is 1. The second-order valence-corrected chi connectivity index (χ2v) is 4.40. The van der Waals surface area contributed by atoms with Gasteiger partial charge in [-0.3, -0.25) is 0 Å². The Morgan fingerprint density at radius 3 is 2.47 bits per heavy atom. The van der Waals surface area contributed by atoms with Gasteiger partial charge in [0.15, 0.2) is 0 Å². The number of hydrogen-bond acceptors (Lipinski definition) is 3. The van der Waals surface area contributed by atoms with Gasteiger partial charge in [-0.2, -0.15) is 0 Å². The number of aromatic nitrogens is 1. The van der Waals surface area contributed by atoms with Crippen molar-refractivity contribution in [2.75, 3.05) is 12.4 Å². The standard InChI is InChI=1S/C16H14N2O/c1-17-13-5-2-11(3-6-13)15-8-4-12-10-14(19)7-9-16(12)18-15/h2-10,17,19H,1H3. The summed E-state index contributed by atoms with van der Waals surface area (Å²) in [5.41, 5.74) is 3.97. The van der Waals surface area contributed by atoms with Crippen molar-refractivity contribution in [3.63, 3.8) is 0 Å². The van der Waals surface area contributed by atoms with Crippen LogP contribution in [-0.2, 0) is 0 Å². The minimum Gasteiger partial charge on any atom is -0.508 e. The lowest BCUT2D eigenvalue weighted by Gasteiger charge is -2.05. The van der Waals surface area contributed by atoms with Crippen molar-refractivity contribution in [2.45, 2.75) is 0 Å². The van der Waals surface area contributed by atoms with E-state index in [2.05, 4.69) is 10.3 Å². The van der Waals surface area contributed by atoms with Crippen LogP contribution in [0.15, 0.2) is 54.6 Å². The average Bonchev–Trinajstić information content (AvgIpc) is 2.47. The van der Waals surface area contributed by atoms with Crippen LogP contribution in [0.3, 0.4) is 0 Å². The number of rotatable bonds is 2. The molecule has 0 saturated heterocycles. The van der Waals surface area contributed by atoms with Crippen LogP contribution in [0.4, 0.5) is 5.69 Å². The second-order valence-electron chi connectivity index (χ2n) is 4.40. The number of nitrogens with zero attached hydrogens (tertiary/aromatic N) is 1. The summed E-state index contributed by atoms with van der Waals surface area (Å²) >= 11 is 0. The van der Waals surface area contributed by atoms with Crippen molar-refractivity contribution in [3.8, 4) is 17.0 Å². The summed E-state index contributed by atoms with van der Waals surface area (Å²) < 4.78 is 0. The van der Waals surface area contributed by atoms with Crippen molar-refractivity contribution in [1.29, 1.82) is 0 Å². The molecule has 0 amide bonds. The molecule has 19 heavy (non-hydrogen) atoms. The molecule has 2 aromatic carbocycles. The summed E-state index contributed by atoms with van der Waals surface area (Å²) in [5, 5.41) is 13.5. The molecule has 1 aromatic heterocycles. The van der Waals surface area contributed by atoms with Gasteiger partial charge in [-0.05, 0) is 36.4 Å². The summed E-state index contributed by atoms with van der Waals surface area (Å²) in [6, 6.07) is 17.3. The van der Waals surface area contributed by atoms with Gasteiger partial charge in [0.2, 0.25) is 0 Å². The number of phenols is 1. The molecule has 0 radical (unpaired) electrons. The molecule has 3 heteroatoms. The first-order valence-electron chi connectivity index (χ1n) is 6.14. The first-order valence-corrected chi connectivity index (χ1v) is 6.14. The fraction of sp³-hybridized carbons (Fsp3) is 0.0625. The van der Waals surface area contributed by atoms with E-state index in [9.17, 15) is 5.11 Å². The Balaban J connectivity index is 2.06. The Hall–Kier alpha value is -2.55. The Morgan fingerprint density at radius 2 is 1.74 bits per heavy atom. The number of phenolic OH excluding ortho intramolecular Hbond substituents is 1. The Labute approximate surface area is 111 Å². The maximum atomic E-state index is 9.44. The average molecular weight is 250 g/mol. The number of nitrogens with one attached hydrogen (secondary N) is 1. The van der Waals surface area contributed by atoms with Gasteiger partial charge >= 0.3 is 0 Å². The molecule has 0 unspecified atom stereocenters. The first-order chi connectivity index (χ1) is 9.26. The van der Waals surface area contributed by atoms with Crippen molar-refractivity contribution < 1.29 is 5.11 Å². The fourth-order valence-corrected chi connectivity index (χ4v) is 2.08. The van der Waals surface area contributed by atoms with Gasteiger partial charge in [0.25, 0.3) is 0 Å². The van der Waals surface area contributed by atoms with Crippen LogP contribution in [0.2, 0.25) is 0 Å². The van der Waals surface area contributed by atoms with Gasteiger partial charge in [-0.1, -0.05) is 18.2 Å². The zero-order valence-corrected chi connectivity index (χ0v) is 10.6. The van der Waals surface area contributed by atoms with Crippen LogP contribution in [0.1, 0.15) is 0 Å². The van der Waals surface area contributed by atoms with E-state index in [0.29, 0.717) is 0 Å². The van der Waals surface area contributed by atoms with E-state index in [0.717, 1.165) is 27.8 Å². The summed E-state index contributed by atoms with van der Waals surface area (Å²) in [7, 11) is 1.90. The van der Waals surface area contributed by atoms with E-state index in [1.54, 1.807) is 12.1 Å². The second kappa shape index (κ2) is 4.61. The molecule has 0 atom stereocenters. The van der Waals surface area contributed by atoms with E-state index < -0.39 is 0 Å². The normalized spacial score (nSPS) is 10.6. The van der Waals surface area contributed by atoms with Crippen LogP contribution in [0.5, 0.6) is 5.75 Å². The minimum atomic E-state index is 0.264. The summed E-state index contributed by atoms with van der Waals surface area (Å²) in [6.45, 7) is 0. The highest BCUT2D eigenvalue weighted by atomic mass is 16.3. The minimum absolute atomic E-state index is 0.264. The molecule has 2 N–H and O–H groups in total. The molecule has 3 rings (SSSR count). The molecule has 0 fully saturated rings. The molecule has 0 aliphatic heterocycles. The maximum Gasteiger partial charge on any atom is 0.116 e. The first kappa shape index (κ1) is 11.5. The van der Waals surface area contributed by atoms with Crippen LogP contribution < -0.4 is 5.32 Å². The lowest BCUT2D eigenvalue weighted by atomic mass is 10.1. The molecule has 3 nitrogen and oxygen atoms in total. The van der Waals surface area contributed by atoms with Gasteiger partial charge in [-0.25, -0.2) is 4.98 Å². The summed E-state index contributed by atoms with van der Waals surface area (Å²) in [4.78, 5) is 4.61. The van der Waals surface area contributed by atoms with E-state index in [-0.39, 0.29) is 5.75 Å². The van der Waals surface area contributed by atoms with Gasteiger partial charge in [-0.15, -0.1) is 0 Å². The molecule has 0 aliphatic rings. The number of pyridine rings is 1. The van der Waals surface area contributed by atoms with Crippen molar-refractivity contribution in [1.82, 2.24) is 4.98 Å². The quantitative estimate of drug-likeness (QED) is 0.729. The third-order valence-electron chi connectivity index (χ3n) is 3.14. The SMILES string of the molecule is CNc1ccc(-c2ccc3cc(O)ccc3n2)cc1. The molecule has 0 saturated carbocycles. The number of hydrogen-bond donors (Lipinski definition) is 2. The molecular weight excluding hydrogens is 236 g/mol. The molecule has 1 heterocycles. The third kappa shape index (κ3) is 2.22. The topological polar surface area (TPSA) is 45.1 Å². The van der Waals surface area contributed by atoms with Crippen molar-refractivity contribution >= 4 is 16.6 Å². The molecule has 0 bridgehead atoms. The highest BCUT2D eigenvalue weighted by Crippen LogP contribution is 2.24. The maximum absolute atomic E-state index is 9.44. The molecule has 3 aromatic rings. The third-order valence-corrected chi connectivity index (χ3v) is 3.14. The predicted octanol–water partition coefficient (Wildman–Crippen LogP) is 3.65. The van der Waals surface area contributed by atoms with Crippen LogP contribution in [0, 0.1) is 0 Å². The number of benzene rings is 2. The molecular formula is C16H14N2O. The van der Waals surface area contributed by atoms with Crippen molar-refractivity contribution in [2.24, 2.45) is 0 Å². The van der Waals surface area contributed by atoms with Gasteiger partial charge < -0.3 is 10.4 Å². The molecule has 94 valence electrons. The van der Waals surface area contributed by atoms with Crippen LogP contribution in [-0.4, -0.2) is 17.1 Å². The lowest BCUT2D eigenvalue weighted by molar-refractivity contribution is 0.476. The van der Waals surface area contributed by atoms with E-state index in [4.69, 9.17) is 0 Å². The van der Waals surface area contributed by atoms with E-state index in [1.807, 2.05) is 49.5 Å². The Kier molecular flexibility index (Phi) is 2.80. The van der Waals surface area contributed by atoms with E-state index in [1.165, 1.54) is 0 Å².